The average molecular weight is 303 g/mol. The number of nitro benzene ring substituents is 1. The number of nitro groups is 1. The number of rotatable bonds is 4. The molecule has 0 radical (unpaired) electrons. The molecular formula is C14H13N3O3S. The van der Waals surface area contributed by atoms with Crippen LogP contribution in [-0.4, -0.2) is 15.8 Å². The van der Waals surface area contributed by atoms with Crippen molar-refractivity contribution in [2.24, 2.45) is 0 Å². The van der Waals surface area contributed by atoms with Crippen molar-refractivity contribution in [3.05, 3.63) is 51.4 Å². The molecule has 1 N–H and O–H groups in total. The number of benzene rings is 1. The molecule has 0 aliphatic heterocycles. The lowest BCUT2D eigenvalue weighted by Crippen LogP contribution is -2.07. The van der Waals surface area contributed by atoms with Crippen LogP contribution < -0.4 is 5.32 Å². The van der Waals surface area contributed by atoms with Crippen molar-refractivity contribution >= 4 is 28.1 Å². The Balaban J connectivity index is 2.14. The van der Waals surface area contributed by atoms with E-state index in [1.165, 1.54) is 29.5 Å². The number of nitrogens with zero attached hydrogens (tertiary/aromatic N) is 2. The second-order valence-electron chi connectivity index (χ2n) is 4.55. The number of aromatic nitrogens is 1. The Hall–Kier alpha value is -2.54. The second-order valence-corrected chi connectivity index (χ2v) is 5.41. The van der Waals surface area contributed by atoms with Crippen LogP contribution in [-0.2, 0) is 4.79 Å². The molecule has 21 heavy (non-hydrogen) atoms. The fraction of sp³-hybridized carbons (Fsp3) is 0.143. The van der Waals surface area contributed by atoms with E-state index in [4.69, 9.17) is 0 Å². The number of thiazole rings is 1. The molecule has 2 aromatic rings. The van der Waals surface area contributed by atoms with Crippen molar-refractivity contribution in [3.8, 4) is 11.3 Å². The van der Waals surface area contributed by atoms with Gasteiger partial charge in [-0.25, -0.2) is 4.98 Å². The molecule has 1 amide bonds. The number of amides is 1. The highest BCUT2D eigenvalue weighted by Gasteiger charge is 2.09. The molecule has 6 nitrogen and oxygen atoms in total. The fourth-order valence-electron chi connectivity index (χ4n) is 1.62. The third kappa shape index (κ3) is 3.96. The lowest BCUT2D eigenvalue weighted by atomic mass is 10.1. The molecule has 1 aromatic heterocycles. The summed E-state index contributed by atoms with van der Waals surface area (Å²) in [4.78, 5) is 26.0. The highest BCUT2D eigenvalue weighted by atomic mass is 32.1. The molecule has 0 aliphatic carbocycles. The average Bonchev–Trinajstić information content (AvgIpc) is 2.86. The lowest BCUT2D eigenvalue weighted by molar-refractivity contribution is -0.384. The monoisotopic (exact) mass is 303 g/mol. The van der Waals surface area contributed by atoms with E-state index < -0.39 is 4.92 Å². The van der Waals surface area contributed by atoms with Crippen LogP contribution in [0.3, 0.4) is 0 Å². The normalized spacial score (nSPS) is 10.0. The minimum atomic E-state index is -0.449. The van der Waals surface area contributed by atoms with Crippen molar-refractivity contribution in [1.29, 1.82) is 0 Å². The van der Waals surface area contributed by atoms with Gasteiger partial charge >= 0.3 is 0 Å². The molecule has 0 atom stereocenters. The molecule has 0 spiro atoms. The van der Waals surface area contributed by atoms with E-state index in [1.807, 2.05) is 13.8 Å². The third-order valence-electron chi connectivity index (χ3n) is 2.53. The summed E-state index contributed by atoms with van der Waals surface area (Å²) in [5, 5.41) is 15.6. The van der Waals surface area contributed by atoms with Crippen LogP contribution >= 0.6 is 11.3 Å². The van der Waals surface area contributed by atoms with Crippen molar-refractivity contribution in [1.82, 2.24) is 4.98 Å². The molecule has 1 heterocycles. The van der Waals surface area contributed by atoms with Gasteiger partial charge in [-0.3, -0.25) is 20.2 Å². The van der Waals surface area contributed by atoms with Crippen molar-refractivity contribution in [2.75, 3.05) is 5.32 Å². The minimum absolute atomic E-state index is 0.0334. The Morgan fingerprint density at radius 2 is 2.00 bits per heavy atom. The summed E-state index contributed by atoms with van der Waals surface area (Å²) in [6.07, 6.45) is 1.49. The number of allylic oxidation sites excluding steroid dienone is 1. The van der Waals surface area contributed by atoms with Crippen LogP contribution in [0.25, 0.3) is 11.3 Å². The van der Waals surface area contributed by atoms with E-state index >= 15 is 0 Å². The van der Waals surface area contributed by atoms with Gasteiger partial charge in [0.2, 0.25) is 5.91 Å². The Kier molecular flexibility index (Phi) is 4.44. The first-order valence-corrected chi connectivity index (χ1v) is 7.00. The standard InChI is InChI=1S/C14H13N3O3S/c1-9(2)7-13(18)16-14-15-12(8-21-14)10-3-5-11(6-4-10)17(19)20/h3-8H,1-2H3,(H,15,16,18). The maximum atomic E-state index is 11.6. The number of anilines is 1. The SMILES string of the molecule is CC(C)=CC(=O)Nc1nc(-c2ccc([N+](=O)[O-])cc2)cs1. The quantitative estimate of drug-likeness (QED) is 0.531. The zero-order chi connectivity index (χ0) is 15.4. The molecule has 0 unspecified atom stereocenters. The fourth-order valence-corrected chi connectivity index (χ4v) is 2.34. The van der Waals surface area contributed by atoms with Gasteiger partial charge in [0.05, 0.1) is 10.6 Å². The molecule has 2 rings (SSSR count). The van der Waals surface area contributed by atoms with Gasteiger partial charge in [-0.2, -0.15) is 0 Å². The van der Waals surface area contributed by atoms with Gasteiger partial charge < -0.3 is 0 Å². The number of hydrogen-bond acceptors (Lipinski definition) is 5. The van der Waals surface area contributed by atoms with Gasteiger partial charge in [0, 0.05) is 29.2 Å². The maximum absolute atomic E-state index is 11.6. The third-order valence-corrected chi connectivity index (χ3v) is 3.29. The Morgan fingerprint density at radius 1 is 1.33 bits per heavy atom. The van der Waals surface area contributed by atoms with Crippen LogP contribution in [0, 0.1) is 10.1 Å². The van der Waals surface area contributed by atoms with E-state index in [0.717, 1.165) is 11.1 Å². The molecule has 7 heteroatoms. The predicted octanol–water partition coefficient (Wildman–Crippen LogP) is 3.62. The zero-order valence-electron chi connectivity index (χ0n) is 11.5. The van der Waals surface area contributed by atoms with Crippen LogP contribution in [0.1, 0.15) is 13.8 Å². The number of non-ortho nitro benzene ring substituents is 1. The Morgan fingerprint density at radius 3 is 2.57 bits per heavy atom. The first-order chi connectivity index (χ1) is 9.95. The summed E-state index contributed by atoms with van der Waals surface area (Å²) in [5.41, 5.74) is 2.37. The summed E-state index contributed by atoms with van der Waals surface area (Å²) in [6, 6.07) is 6.12. The van der Waals surface area contributed by atoms with Gasteiger partial charge in [0.25, 0.3) is 5.69 Å². The predicted molar refractivity (Wildman–Crippen MR) is 82.3 cm³/mol. The molecule has 0 aliphatic rings. The number of carbonyl (C=O) groups is 1. The van der Waals surface area contributed by atoms with Crippen LogP contribution in [0.5, 0.6) is 0 Å². The highest BCUT2D eigenvalue weighted by molar-refractivity contribution is 7.14. The van der Waals surface area contributed by atoms with E-state index in [2.05, 4.69) is 10.3 Å². The topological polar surface area (TPSA) is 85.1 Å². The van der Waals surface area contributed by atoms with Gasteiger partial charge in [0.15, 0.2) is 5.13 Å². The van der Waals surface area contributed by atoms with Crippen LogP contribution in [0.15, 0.2) is 41.3 Å². The molecule has 0 saturated carbocycles. The molecular weight excluding hydrogens is 290 g/mol. The van der Waals surface area contributed by atoms with Gasteiger partial charge in [0.1, 0.15) is 0 Å². The van der Waals surface area contributed by atoms with E-state index in [-0.39, 0.29) is 11.6 Å². The summed E-state index contributed by atoms with van der Waals surface area (Å²) in [5.74, 6) is -0.223. The van der Waals surface area contributed by atoms with Crippen molar-refractivity contribution < 1.29 is 9.72 Å². The van der Waals surface area contributed by atoms with Gasteiger partial charge in [-0.05, 0) is 26.0 Å². The Bertz CT molecular complexity index is 701. The first kappa shape index (κ1) is 14.9. The second kappa shape index (κ2) is 6.27. The summed E-state index contributed by atoms with van der Waals surface area (Å²) in [7, 11) is 0. The van der Waals surface area contributed by atoms with Crippen molar-refractivity contribution in [3.63, 3.8) is 0 Å². The summed E-state index contributed by atoms with van der Waals surface area (Å²) < 4.78 is 0. The van der Waals surface area contributed by atoms with Crippen molar-refractivity contribution in [2.45, 2.75) is 13.8 Å². The first-order valence-electron chi connectivity index (χ1n) is 6.12. The highest BCUT2D eigenvalue weighted by Crippen LogP contribution is 2.26. The zero-order valence-corrected chi connectivity index (χ0v) is 12.3. The maximum Gasteiger partial charge on any atom is 0.269 e. The summed E-state index contributed by atoms with van der Waals surface area (Å²) in [6.45, 7) is 3.67. The molecule has 1 aromatic carbocycles. The van der Waals surface area contributed by atoms with E-state index in [1.54, 1.807) is 17.5 Å². The molecule has 108 valence electrons. The van der Waals surface area contributed by atoms with E-state index in [0.29, 0.717) is 10.8 Å². The molecule has 0 bridgehead atoms. The number of carbonyl (C=O) groups excluding carboxylic acids is 1. The van der Waals surface area contributed by atoms with E-state index in [9.17, 15) is 14.9 Å². The van der Waals surface area contributed by atoms with Crippen LogP contribution in [0.4, 0.5) is 10.8 Å². The smallest absolute Gasteiger partial charge is 0.269 e. The largest absolute Gasteiger partial charge is 0.298 e. The summed E-state index contributed by atoms with van der Waals surface area (Å²) >= 11 is 1.30. The molecule has 0 saturated heterocycles. The number of hydrogen-bond donors (Lipinski definition) is 1. The Labute approximate surface area is 125 Å². The number of nitrogens with one attached hydrogen (secondary N) is 1. The van der Waals surface area contributed by atoms with Gasteiger partial charge in [-0.15, -0.1) is 11.3 Å². The lowest BCUT2D eigenvalue weighted by Gasteiger charge is -1.98. The molecule has 0 fully saturated rings. The minimum Gasteiger partial charge on any atom is -0.298 e. The van der Waals surface area contributed by atoms with Crippen LogP contribution in [0.2, 0.25) is 0 Å². The van der Waals surface area contributed by atoms with Gasteiger partial charge in [-0.1, -0.05) is 5.57 Å².